The molecule has 1 heterocycles. The second-order valence-electron chi connectivity index (χ2n) is 13.1. The molecule has 3 aromatic rings. The van der Waals surface area contributed by atoms with E-state index >= 15 is 0 Å². The summed E-state index contributed by atoms with van der Waals surface area (Å²) >= 11 is 0. The predicted molar refractivity (Wildman–Crippen MR) is 200 cm³/mol. The molecule has 3 unspecified atom stereocenters. The zero-order valence-electron chi connectivity index (χ0n) is 29.4. The van der Waals surface area contributed by atoms with Gasteiger partial charge in [0, 0.05) is 30.5 Å². The van der Waals surface area contributed by atoms with E-state index in [2.05, 4.69) is 127 Å². The van der Waals surface area contributed by atoms with Crippen LogP contribution in [0.1, 0.15) is 118 Å². The largest absolute Gasteiger partial charge is 0.352 e. The molecule has 0 bridgehead atoms. The Morgan fingerprint density at radius 3 is 1.80 bits per heavy atom. The van der Waals surface area contributed by atoms with E-state index in [0.29, 0.717) is 30.2 Å². The van der Waals surface area contributed by atoms with Crippen LogP contribution >= 0.6 is 0 Å². The Bertz CT molecular complexity index is 1110. The summed E-state index contributed by atoms with van der Waals surface area (Å²) in [5.41, 5.74) is 5.02. The Morgan fingerprint density at radius 1 is 0.778 bits per heavy atom. The van der Waals surface area contributed by atoms with Gasteiger partial charge in [-0.15, -0.1) is 13.2 Å². The maximum atomic E-state index is 13.1. The number of nitrogens with zero attached hydrogens (tertiary/aromatic N) is 1. The third-order valence-electron chi connectivity index (χ3n) is 8.65. The standard InChI is InChI=1S/C33H46N2O.C6H14.C2H4.CH4/c1-24(2)30(22-28-12-9-26(5)10-13-28)16-11-27(6)21-32(25(3)4)33(36)34-23-29-14-17-31(18-15-29)35-19-7-8-20-35;1-3-5-6-4-2;1-2;/h7-10,12-15,17-20,24-25,27,30,32H,11,16,21-23H2,1-6H3,(H,34,36);3-6H2,1-2H3;1-2H2;1H4. The third kappa shape index (κ3) is 16.7. The molecule has 252 valence electrons. The fraction of sp³-hybridized carbons (Fsp3) is 0.548. The first-order valence-electron chi connectivity index (χ1n) is 17.2. The molecule has 0 aliphatic carbocycles. The fourth-order valence-electron chi connectivity index (χ4n) is 5.54. The fourth-order valence-corrected chi connectivity index (χ4v) is 5.54. The number of nitrogens with one attached hydrogen (secondary N) is 1. The van der Waals surface area contributed by atoms with Crippen LogP contribution in [-0.2, 0) is 17.8 Å². The van der Waals surface area contributed by atoms with Crippen molar-refractivity contribution in [3.05, 3.63) is 103 Å². The summed E-state index contributed by atoms with van der Waals surface area (Å²) < 4.78 is 2.09. The summed E-state index contributed by atoms with van der Waals surface area (Å²) in [4.78, 5) is 13.1. The first-order chi connectivity index (χ1) is 21.1. The lowest BCUT2D eigenvalue weighted by Crippen LogP contribution is -2.34. The highest BCUT2D eigenvalue weighted by Crippen LogP contribution is 2.29. The van der Waals surface area contributed by atoms with E-state index in [0.717, 1.165) is 24.1 Å². The van der Waals surface area contributed by atoms with Crippen molar-refractivity contribution >= 4 is 5.91 Å². The molecule has 3 nitrogen and oxygen atoms in total. The van der Waals surface area contributed by atoms with Gasteiger partial charge >= 0.3 is 0 Å². The molecule has 1 aromatic heterocycles. The molecule has 1 amide bonds. The topological polar surface area (TPSA) is 34.0 Å². The monoisotopic (exact) mass is 617 g/mol. The maximum Gasteiger partial charge on any atom is 0.223 e. The van der Waals surface area contributed by atoms with Crippen LogP contribution in [0.25, 0.3) is 5.69 Å². The molecule has 0 aliphatic heterocycles. The molecule has 3 rings (SSSR count). The predicted octanol–water partition coefficient (Wildman–Crippen LogP) is 12.0. The van der Waals surface area contributed by atoms with Crippen LogP contribution < -0.4 is 5.32 Å². The summed E-state index contributed by atoms with van der Waals surface area (Å²) in [5.74, 6) is 2.43. The Kier molecular flexibility index (Phi) is 22.5. The van der Waals surface area contributed by atoms with E-state index in [1.807, 2.05) is 24.5 Å². The van der Waals surface area contributed by atoms with Gasteiger partial charge in [-0.25, -0.2) is 0 Å². The van der Waals surface area contributed by atoms with Gasteiger partial charge in [0.2, 0.25) is 5.91 Å². The van der Waals surface area contributed by atoms with Crippen LogP contribution in [0.15, 0.2) is 86.2 Å². The van der Waals surface area contributed by atoms with E-state index in [-0.39, 0.29) is 19.3 Å². The normalized spacial score (nSPS) is 12.6. The van der Waals surface area contributed by atoms with Gasteiger partial charge < -0.3 is 9.88 Å². The Morgan fingerprint density at radius 2 is 1.31 bits per heavy atom. The van der Waals surface area contributed by atoms with E-state index in [4.69, 9.17) is 0 Å². The van der Waals surface area contributed by atoms with Gasteiger partial charge in [0.05, 0.1) is 0 Å². The lowest BCUT2D eigenvalue weighted by Gasteiger charge is -2.26. The van der Waals surface area contributed by atoms with E-state index in [9.17, 15) is 4.79 Å². The van der Waals surface area contributed by atoms with Crippen molar-refractivity contribution in [3.63, 3.8) is 0 Å². The molecule has 45 heavy (non-hydrogen) atoms. The van der Waals surface area contributed by atoms with Gasteiger partial charge in [-0.1, -0.05) is 130 Å². The van der Waals surface area contributed by atoms with Crippen molar-refractivity contribution in [2.45, 2.75) is 121 Å². The van der Waals surface area contributed by atoms with E-state index in [1.54, 1.807) is 0 Å². The highest BCUT2D eigenvalue weighted by atomic mass is 16.1. The van der Waals surface area contributed by atoms with Crippen LogP contribution in [0.4, 0.5) is 0 Å². The number of aromatic nitrogens is 1. The molecule has 0 spiro atoms. The van der Waals surface area contributed by atoms with Gasteiger partial charge in [-0.2, -0.15) is 0 Å². The number of hydrogen-bond acceptors (Lipinski definition) is 1. The summed E-state index contributed by atoms with van der Waals surface area (Å²) in [5, 5.41) is 3.21. The van der Waals surface area contributed by atoms with Crippen LogP contribution in [0.5, 0.6) is 0 Å². The molecule has 3 atom stereocenters. The van der Waals surface area contributed by atoms with Gasteiger partial charge in [0.1, 0.15) is 0 Å². The number of hydrogen-bond donors (Lipinski definition) is 1. The van der Waals surface area contributed by atoms with Crippen LogP contribution in [-0.4, -0.2) is 10.5 Å². The summed E-state index contributed by atoms with van der Waals surface area (Å²) in [6.07, 6.45) is 14.1. The maximum absolute atomic E-state index is 13.1. The van der Waals surface area contributed by atoms with Gasteiger partial charge in [0.15, 0.2) is 0 Å². The van der Waals surface area contributed by atoms with Crippen LogP contribution in [0.2, 0.25) is 0 Å². The number of amides is 1. The van der Waals surface area contributed by atoms with Gasteiger partial charge in [0.25, 0.3) is 0 Å². The Balaban J connectivity index is 0.00000192. The lowest BCUT2D eigenvalue weighted by atomic mass is 9.80. The smallest absolute Gasteiger partial charge is 0.223 e. The average Bonchev–Trinajstić information content (AvgIpc) is 3.57. The molecule has 1 N–H and O–H groups in total. The zero-order chi connectivity index (χ0) is 32.9. The second kappa shape index (κ2) is 24.2. The molecule has 0 aliphatic rings. The molecular formula is C42H68N2O. The van der Waals surface area contributed by atoms with Crippen molar-refractivity contribution in [1.29, 1.82) is 0 Å². The van der Waals surface area contributed by atoms with Crippen LogP contribution in [0, 0.1) is 36.5 Å². The summed E-state index contributed by atoms with van der Waals surface area (Å²) in [6, 6.07) is 21.4. The number of benzene rings is 2. The van der Waals surface area contributed by atoms with Gasteiger partial charge in [-0.05, 0) is 85.3 Å². The van der Waals surface area contributed by atoms with Crippen molar-refractivity contribution < 1.29 is 4.79 Å². The minimum atomic E-state index is 0. The first-order valence-corrected chi connectivity index (χ1v) is 17.2. The van der Waals surface area contributed by atoms with Crippen molar-refractivity contribution in [2.24, 2.45) is 29.6 Å². The Hall–Kier alpha value is -3.07. The van der Waals surface area contributed by atoms with Gasteiger partial charge in [-0.3, -0.25) is 4.79 Å². The average molecular weight is 617 g/mol. The molecule has 0 fully saturated rings. The number of carbonyl (C=O) groups is 1. The molecule has 2 aromatic carbocycles. The zero-order valence-corrected chi connectivity index (χ0v) is 29.4. The molecule has 0 radical (unpaired) electrons. The van der Waals surface area contributed by atoms with Crippen molar-refractivity contribution in [1.82, 2.24) is 9.88 Å². The van der Waals surface area contributed by atoms with Crippen molar-refractivity contribution in [2.75, 3.05) is 0 Å². The summed E-state index contributed by atoms with van der Waals surface area (Å²) in [7, 11) is 0. The van der Waals surface area contributed by atoms with Crippen molar-refractivity contribution in [3.8, 4) is 5.69 Å². The molecule has 0 saturated heterocycles. The molecular weight excluding hydrogens is 548 g/mol. The number of rotatable bonds is 16. The second-order valence-corrected chi connectivity index (χ2v) is 13.1. The number of carbonyl (C=O) groups excluding carboxylic acids is 1. The SMILES string of the molecule is C.C=C.CCCCCC.Cc1ccc(CC(CCC(C)CC(C(=O)NCc2ccc(-n3cccc3)cc2)C(C)C)C(C)C)cc1. The molecule has 0 saturated carbocycles. The highest BCUT2D eigenvalue weighted by molar-refractivity contribution is 5.78. The Labute approximate surface area is 278 Å². The number of aryl methyl sites for hydroxylation is 1. The lowest BCUT2D eigenvalue weighted by molar-refractivity contribution is -0.127. The molecule has 3 heteroatoms. The highest BCUT2D eigenvalue weighted by Gasteiger charge is 2.25. The summed E-state index contributed by atoms with van der Waals surface area (Å²) in [6.45, 7) is 24.6. The van der Waals surface area contributed by atoms with Crippen LogP contribution in [0.3, 0.4) is 0 Å². The first kappa shape index (κ1) is 41.9. The van der Waals surface area contributed by atoms with E-state index < -0.39 is 0 Å². The number of unbranched alkanes of at least 4 members (excludes halogenated alkanes) is 3. The minimum Gasteiger partial charge on any atom is -0.352 e. The third-order valence-corrected chi connectivity index (χ3v) is 8.65. The quantitative estimate of drug-likeness (QED) is 0.126. The minimum absolute atomic E-state index is 0. The van der Waals surface area contributed by atoms with E-state index in [1.165, 1.54) is 49.7 Å².